The molecule has 18 heavy (non-hydrogen) atoms. The van der Waals surface area contributed by atoms with Gasteiger partial charge in [0.1, 0.15) is 0 Å². The zero-order valence-corrected chi connectivity index (χ0v) is 10.6. The van der Waals surface area contributed by atoms with Crippen molar-refractivity contribution in [1.82, 2.24) is 10.2 Å². The van der Waals surface area contributed by atoms with E-state index in [2.05, 4.69) is 5.32 Å². The molecule has 5 nitrogen and oxygen atoms in total. The summed E-state index contributed by atoms with van der Waals surface area (Å²) in [5.41, 5.74) is 0.735. The Balaban J connectivity index is 2.72. The number of rotatable bonds is 6. The Hall–Kier alpha value is -1.88. The molecule has 0 spiro atoms. The van der Waals surface area contributed by atoms with E-state index in [4.69, 9.17) is 5.11 Å². The number of benzene rings is 1. The van der Waals surface area contributed by atoms with Gasteiger partial charge in [0.15, 0.2) is 0 Å². The number of hydrogen-bond acceptors (Lipinski definition) is 3. The van der Waals surface area contributed by atoms with E-state index in [-0.39, 0.29) is 17.9 Å². The summed E-state index contributed by atoms with van der Waals surface area (Å²) in [5, 5.41) is 12.0. The van der Waals surface area contributed by atoms with Crippen molar-refractivity contribution in [3.8, 4) is 0 Å². The number of amides is 1. The van der Waals surface area contributed by atoms with E-state index in [0.717, 1.165) is 0 Å². The maximum atomic E-state index is 11.9. The normalized spacial score (nSPS) is 10.1. The monoisotopic (exact) mass is 250 g/mol. The van der Waals surface area contributed by atoms with Gasteiger partial charge in [-0.25, -0.2) is 4.79 Å². The number of carboxylic acids is 1. The fourth-order valence-corrected chi connectivity index (χ4v) is 1.59. The summed E-state index contributed by atoms with van der Waals surface area (Å²) in [5.74, 6) is -1.09. The van der Waals surface area contributed by atoms with Crippen molar-refractivity contribution in [2.24, 2.45) is 0 Å². The van der Waals surface area contributed by atoms with E-state index in [1.165, 1.54) is 6.07 Å². The minimum Gasteiger partial charge on any atom is -0.478 e. The molecule has 0 saturated heterocycles. The molecule has 0 aliphatic rings. The predicted molar refractivity (Wildman–Crippen MR) is 68.7 cm³/mol. The second kappa shape index (κ2) is 6.76. The van der Waals surface area contributed by atoms with Crippen LogP contribution in [0.1, 0.15) is 15.9 Å². The number of nitrogens with one attached hydrogen (secondary N) is 1. The van der Waals surface area contributed by atoms with Crippen LogP contribution in [-0.4, -0.2) is 49.1 Å². The van der Waals surface area contributed by atoms with Crippen LogP contribution in [0.15, 0.2) is 24.3 Å². The van der Waals surface area contributed by atoms with Gasteiger partial charge in [0.05, 0.1) is 12.0 Å². The molecule has 0 bridgehead atoms. The van der Waals surface area contributed by atoms with Crippen molar-refractivity contribution in [2.45, 2.75) is 6.42 Å². The summed E-state index contributed by atoms with van der Waals surface area (Å²) in [4.78, 5) is 24.5. The third-order valence-electron chi connectivity index (χ3n) is 2.71. The van der Waals surface area contributed by atoms with Crippen molar-refractivity contribution >= 4 is 11.9 Å². The van der Waals surface area contributed by atoms with E-state index >= 15 is 0 Å². The highest BCUT2D eigenvalue weighted by atomic mass is 16.4. The SMILES string of the molecule is CNCCN(C)C(=O)Cc1ccccc1C(=O)O. The molecular formula is C13H18N2O3. The summed E-state index contributed by atoms with van der Waals surface area (Å²) in [7, 11) is 3.53. The predicted octanol–water partition coefficient (Wildman–Crippen LogP) is 0.605. The molecule has 0 saturated carbocycles. The molecule has 0 fully saturated rings. The zero-order chi connectivity index (χ0) is 13.5. The molecule has 0 radical (unpaired) electrons. The minimum absolute atomic E-state index is 0.0843. The van der Waals surface area contributed by atoms with E-state index in [9.17, 15) is 9.59 Å². The van der Waals surface area contributed by atoms with E-state index in [0.29, 0.717) is 18.7 Å². The first-order valence-electron chi connectivity index (χ1n) is 5.76. The second-order valence-electron chi connectivity index (χ2n) is 4.06. The summed E-state index contributed by atoms with van der Waals surface area (Å²) in [6, 6.07) is 6.58. The van der Waals surface area contributed by atoms with Gasteiger partial charge in [-0.2, -0.15) is 0 Å². The molecule has 0 atom stereocenters. The van der Waals surface area contributed by atoms with Gasteiger partial charge in [-0.05, 0) is 18.7 Å². The largest absolute Gasteiger partial charge is 0.478 e. The second-order valence-corrected chi connectivity index (χ2v) is 4.06. The van der Waals surface area contributed by atoms with E-state index in [1.807, 2.05) is 7.05 Å². The zero-order valence-electron chi connectivity index (χ0n) is 10.6. The Bertz CT molecular complexity index is 432. The lowest BCUT2D eigenvalue weighted by Gasteiger charge is -2.17. The number of carbonyl (C=O) groups is 2. The van der Waals surface area contributed by atoms with Crippen LogP contribution < -0.4 is 5.32 Å². The van der Waals surface area contributed by atoms with Gasteiger partial charge in [0.25, 0.3) is 0 Å². The Morgan fingerprint density at radius 3 is 2.61 bits per heavy atom. The Morgan fingerprint density at radius 2 is 2.00 bits per heavy atom. The van der Waals surface area contributed by atoms with Crippen molar-refractivity contribution in [3.63, 3.8) is 0 Å². The maximum Gasteiger partial charge on any atom is 0.335 e. The number of hydrogen-bond donors (Lipinski definition) is 2. The number of aromatic carboxylic acids is 1. The Kier molecular flexibility index (Phi) is 5.32. The first kappa shape index (κ1) is 14.2. The van der Waals surface area contributed by atoms with Gasteiger partial charge in [0, 0.05) is 20.1 Å². The lowest BCUT2D eigenvalue weighted by atomic mass is 10.0. The van der Waals surface area contributed by atoms with Crippen LogP contribution >= 0.6 is 0 Å². The molecule has 0 heterocycles. The fourth-order valence-electron chi connectivity index (χ4n) is 1.59. The number of nitrogens with zero attached hydrogens (tertiary/aromatic N) is 1. The van der Waals surface area contributed by atoms with Crippen molar-refractivity contribution in [3.05, 3.63) is 35.4 Å². The van der Waals surface area contributed by atoms with Crippen molar-refractivity contribution < 1.29 is 14.7 Å². The molecule has 1 amide bonds. The molecule has 0 aromatic heterocycles. The highest BCUT2D eigenvalue weighted by Gasteiger charge is 2.14. The number of likely N-dealkylation sites (N-methyl/N-ethyl adjacent to an activating group) is 2. The molecule has 1 aromatic rings. The minimum atomic E-state index is -1.00. The standard InChI is InChI=1S/C13H18N2O3/c1-14-7-8-15(2)12(16)9-10-5-3-4-6-11(10)13(17)18/h3-6,14H,7-9H2,1-2H3,(H,17,18). The highest BCUT2D eigenvalue weighted by Crippen LogP contribution is 2.10. The molecular weight excluding hydrogens is 232 g/mol. The average molecular weight is 250 g/mol. The van der Waals surface area contributed by atoms with Crippen LogP contribution in [0.4, 0.5) is 0 Å². The maximum absolute atomic E-state index is 11.9. The third-order valence-corrected chi connectivity index (χ3v) is 2.71. The summed E-state index contributed by atoms with van der Waals surface area (Å²) in [6.07, 6.45) is 0.114. The topological polar surface area (TPSA) is 69.6 Å². The summed E-state index contributed by atoms with van der Waals surface area (Å²) < 4.78 is 0. The molecule has 5 heteroatoms. The van der Waals surface area contributed by atoms with Crippen molar-refractivity contribution in [2.75, 3.05) is 27.2 Å². The smallest absolute Gasteiger partial charge is 0.335 e. The third kappa shape index (κ3) is 3.85. The van der Waals surface area contributed by atoms with E-state index in [1.54, 1.807) is 30.1 Å². The van der Waals surface area contributed by atoms with Gasteiger partial charge in [-0.3, -0.25) is 4.79 Å². The molecule has 98 valence electrons. The van der Waals surface area contributed by atoms with Crippen LogP contribution in [0.2, 0.25) is 0 Å². The first-order chi connectivity index (χ1) is 8.56. The fraction of sp³-hybridized carbons (Fsp3) is 0.385. The molecule has 0 unspecified atom stereocenters. The van der Waals surface area contributed by atoms with Gasteiger partial charge in [-0.15, -0.1) is 0 Å². The highest BCUT2D eigenvalue weighted by molar-refractivity contribution is 5.91. The molecule has 2 N–H and O–H groups in total. The summed E-state index contributed by atoms with van der Waals surface area (Å²) >= 11 is 0. The van der Waals surface area contributed by atoms with Crippen LogP contribution in [-0.2, 0) is 11.2 Å². The Labute approximate surface area is 106 Å². The van der Waals surface area contributed by atoms with Gasteiger partial charge in [0.2, 0.25) is 5.91 Å². The van der Waals surface area contributed by atoms with Gasteiger partial charge < -0.3 is 15.3 Å². The first-order valence-corrected chi connectivity index (χ1v) is 5.76. The van der Waals surface area contributed by atoms with Gasteiger partial charge >= 0.3 is 5.97 Å². The number of carbonyl (C=O) groups excluding carboxylic acids is 1. The lowest BCUT2D eigenvalue weighted by molar-refractivity contribution is -0.129. The van der Waals surface area contributed by atoms with Crippen molar-refractivity contribution in [1.29, 1.82) is 0 Å². The number of carboxylic acid groups (broad SMARTS) is 1. The lowest BCUT2D eigenvalue weighted by Crippen LogP contribution is -2.34. The van der Waals surface area contributed by atoms with Crippen LogP contribution in [0.3, 0.4) is 0 Å². The van der Waals surface area contributed by atoms with Crippen LogP contribution in [0, 0.1) is 0 Å². The van der Waals surface area contributed by atoms with Gasteiger partial charge in [-0.1, -0.05) is 18.2 Å². The average Bonchev–Trinajstić information content (AvgIpc) is 2.36. The summed E-state index contributed by atoms with van der Waals surface area (Å²) in [6.45, 7) is 1.31. The molecule has 0 aliphatic carbocycles. The molecule has 1 aromatic carbocycles. The molecule has 0 aliphatic heterocycles. The van der Waals surface area contributed by atoms with E-state index < -0.39 is 5.97 Å². The van der Waals surface area contributed by atoms with Crippen LogP contribution in [0.25, 0.3) is 0 Å². The van der Waals surface area contributed by atoms with Crippen LogP contribution in [0.5, 0.6) is 0 Å². The quantitative estimate of drug-likeness (QED) is 0.776. The Morgan fingerprint density at radius 1 is 1.33 bits per heavy atom. The molecule has 1 rings (SSSR count).